The van der Waals surface area contributed by atoms with Crippen molar-refractivity contribution in [1.82, 2.24) is 50.3 Å². The second kappa shape index (κ2) is 13.7. The average Bonchev–Trinajstić information content (AvgIpc) is 3.96. The molecule has 0 spiro atoms. The number of anilines is 6. The molecule has 6 aromatic heterocycles. The molecule has 8 N–H and O–H groups in total. The van der Waals surface area contributed by atoms with Crippen LogP contribution in [0.25, 0.3) is 62.9 Å². The van der Waals surface area contributed by atoms with Gasteiger partial charge in [0.15, 0.2) is 0 Å². The quantitative estimate of drug-likeness (QED) is 0.0937. The lowest BCUT2D eigenvalue weighted by Gasteiger charge is -2.08. The lowest BCUT2D eigenvalue weighted by atomic mass is 10.1. The van der Waals surface area contributed by atoms with E-state index in [2.05, 4.69) is 116 Å². The summed E-state index contributed by atoms with van der Waals surface area (Å²) in [5.74, 6) is 1.53. The number of benzene rings is 4. The molecular formula is C37H27ClN14S2. The number of aryl methyl sites for hydroxylation is 1. The largest absolute Gasteiger partial charge is 0.368 e. The number of aromatic amines is 2. The molecule has 0 aliphatic carbocycles. The fraction of sp³-hybridized carbons (Fsp3) is 0.0270. The lowest BCUT2D eigenvalue weighted by molar-refractivity contribution is 0.995. The van der Waals surface area contributed by atoms with Gasteiger partial charge in [0.05, 0.1) is 23.4 Å². The van der Waals surface area contributed by atoms with Crippen LogP contribution in [-0.2, 0) is 0 Å². The van der Waals surface area contributed by atoms with Crippen molar-refractivity contribution in [2.24, 2.45) is 0 Å². The Hall–Kier alpha value is -6.75. The molecule has 14 nitrogen and oxygen atoms in total. The topological polar surface area (TPSA) is 211 Å². The zero-order chi connectivity index (χ0) is 36.8. The van der Waals surface area contributed by atoms with Crippen molar-refractivity contribution in [2.45, 2.75) is 6.92 Å². The summed E-state index contributed by atoms with van der Waals surface area (Å²) in [4.78, 5) is 26.7. The highest BCUT2D eigenvalue weighted by Gasteiger charge is 2.14. The van der Waals surface area contributed by atoms with Gasteiger partial charge in [-0.25, -0.2) is 0 Å². The molecule has 264 valence electrons. The van der Waals surface area contributed by atoms with Gasteiger partial charge in [-0.05, 0) is 77.8 Å². The van der Waals surface area contributed by atoms with E-state index in [1.54, 1.807) is 35.8 Å². The van der Waals surface area contributed by atoms with Crippen LogP contribution in [0, 0.1) is 6.92 Å². The fourth-order valence-electron chi connectivity index (χ4n) is 6.12. The Labute approximate surface area is 318 Å². The van der Waals surface area contributed by atoms with Crippen LogP contribution >= 0.6 is 34.3 Å². The number of aromatic nitrogens is 10. The first-order valence-corrected chi connectivity index (χ1v) is 18.4. The number of nitrogens with two attached hydrogens (primary N) is 2. The Kier molecular flexibility index (Phi) is 8.38. The van der Waals surface area contributed by atoms with Gasteiger partial charge < -0.3 is 22.1 Å². The van der Waals surface area contributed by atoms with E-state index in [0.717, 1.165) is 49.2 Å². The van der Waals surface area contributed by atoms with Gasteiger partial charge in [-0.1, -0.05) is 36.4 Å². The highest BCUT2D eigenvalue weighted by Crippen LogP contribution is 2.40. The number of nitrogens with zero attached hydrogens (tertiary/aromatic N) is 8. The summed E-state index contributed by atoms with van der Waals surface area (Å²) in [5, 5.41) is 25.4. The Morgan fingerprint density at radius 2 is 1.07 bits per heavy atom. The fourth-order valence-corrected chi connectivity index (χ4v) is 8.45. The molecule has 4 aromatic carbocycles. The monoisotopic (exact) mass is 766 g/mol. The Morgan fingerprint density at radius 1 is 0.574 bits per heavy atom. The third-order valence-corrected chi connectivity index (χ3v) is 10.8. The van der Waals surface area contributed by atoms with Gasteiger partial charge in [-0.15, -0.1) is 22.7 Å². The number of hydrogen-bond donors (Lipinski definition) is 6. The maximum atomic E-state index is 5.87. The molecule has 0 aliphatic rings. The molecule has 0 saturated carbocycles. The molecule has 10 rings (SSSR count). The standard InChI is InChI=1S/C19H15N7S.C18H12ClN7S/c1-10-22-18(20)25-19(23-10)24-13-6-12-9-21-26-17(12)14(8-13)16-7-11-4-2-3-5-15(11)27-16;19-16-23-17(20)25-18(24-16)22-11-5-10-8-21-26-15(10)12(7-11)14-6-9-3-1-2-4-13(9)27-14/h2-9H,1H3,(H,21,26)(H3,20,22,23,24,25);1-8H,(H,21,26)(H3,20,22,23,24,25). The first kappa shape index (κ1) is 33.1. The van der Waals surface area contributed by atoms with Crippen molar-refractivity contribution in [3.8, 4) is 20.9 Å². The Bertz CT molecular complexity index is 2680. The first-order chi connectivity index (χ1) is 26.3. The summed E-state index contributed by atoms with van der Waals surface area (Å²) in [5.41, 5.74) is 17.1. The smallest absolute Gasteiger partial charge is 0.233 e. The molecule has 0 atom stereocenters. The summed E-state index contributed by atoms with van der Waals surface area (Å²) < 4.78 is 2.48. The third-order valence-electron chi connectivity index (χ3n) is 8.38. The normalized spacial score (nSPS) is 11.3. The van der Waals surface area contributed by atoms with Gasteiger partial charge in [0, 0.05) is 52.4 Å². The molecule has 0 unspecified atom stereocenters. The third kappa shape index (κ3) is 6.67. The van der Waals surface area contributed by atoms with E-state index >= 15 is 0 Å². The van der Waals surface area contributed by atoms with E-state index in [1.165, 1.54) is 25.0 Å². The van der Waals surface area contributed by atoms with E-state index in [0.29, 0.717) is 11.8 Å². The van der Waals surface area contributed by atoms with Crippen molar-refractivity contribution in [2.75, 3.05) is 22.1 Å². The minimum atomic E-state index is 0.0409. The molecule has 0 radical (unpaired) electrons. The highest BCUT2D eigenvalue weighted by molar-refractivity contribution is 7.22. The molecular weight excluding hydrogens is 740 g/mol. The number of fused-ring (bicyclic) bond motifs is 4. The average molecular weight is 767 g/mol. The van der Waals surface area contributed by atoms with Crippen LogP contribution in [0.5, 0.6) is 0 Å². The summed E-state index contributed by atoms with van der Waals surface area (Å²) in [6, 6.07) is 29.1. The molecule has 10 aromatic rings. The van der Waals surface area contributed by atoms with Gasteiger partial charge in [0.25, 0.3) is 0 Å². The van der Waals surface area contributed by atoms with E-state index in [4.69, 9.17) is 23.1 Å². The zero-order valence-corrected chi connectivity index (χ0v) is 30.6. The van der Waals surface area contributed by atoms with Crippen molar-refractivity contribution in [3.63, 3.8) is 0 Å². The zero-order valence-electron chi connectivity index (χ0n) is 28.2. The van der Waals surface area contributed by atoms with Gasteiger partial charge in [0.1, 0.15) is 5.82 Å². The second-order valence-electron chi connectivity index (χ2n) is 12.1. The number of hydrogen-bond acceptors (Lipinski definition) is 14. The van der Waals surface area contributed by atoms with Crippen molar-refractivity contribution >= 4 is 111 Å². The van der Waals surface area contributed by atoms with Crippen LogP contribution in [-0.4, -0.2) is 50.3 Å². The molecule has 6 heterocycles. The predicted molar refractivity (Wildman–Crippen MR) is 219 cm³/mol. The van der Waals surface area contributed by atoms with E-state index < -0.39 is 0 Å². The predicted octanol–water partition coefficient (Wildman–Crippen LogP) is 8.87. The highest BCUT2D eigenvalue weighted by atomic mass is 35.5. The summed E-state index contributed by atoms with van der Waals surface area (Å²) in [7, 11) is 0. The SMILES string of the molecule is Cc1nc(N)nc(Nc2cc(-c3cc4ccccc4s3)c3[nH]ncc3c2)n1.Nc1nc(Cl)nc(Nc2cc(-c3cc4ccccc4s3)c3[nH]ncc3c2)n1. The van der Waals surface area contributed by atoms with Crippen molar-refractivity contribution in [1.29, 1.82) is 0 Å². The minimum Gasteiger partial charge on any atom is -0.368 e. The van der Waals surface area contributed by atoms with Crippen LogP contribution in [0.1, 0.15) is 5.82 Å². The summed E-state index contributed by atoms with van der Waals surface area (Å²) >= 11 is 9.35. The van der Waals surface area contributed by atoms with Gasteiger partial charge in [0.2, 0.25) is 29.1 Å². The van der Waals surface area contributed by atoms with Gasteiger partial charge in [-0.3, -0.25) is 10.2 Å². The molecule has 0 aliphatic heterocycles. The number of thiophene rings is 2. The lowest BCUT2D eigenvalue weighted by Crippen LogP contribution is -2.04. The van der Waals surface area contributed by atoms with Crippen molar-refractivity contribution < 1.29 is 0 Å². The van der Waals surface area contributed by atoms with Gasteiger partial charge in [-0.2, -0.15) is 40.1 Å². The molecule has 0 saturated heterocycles. The molecule has 17 heteroatoms. The van der Waals surface area contributed by atoms with Crippen molar-refractivity contribution in [3.05, 3.63) is 108 Å². The number of halogens is 1. The van der Waals surface area contributed by atoms with Crippen LogP contribution < -0.4 is 22.1 Å². The molecule has 0 bridgehead atoms. The molecule has 0 fully saturated rings. The second-order valence-corrected chi connectivity index (χ2v) is 14.6. The van der Waals surface area contributed by atoms with Crippen LogP contribution in [0.3, 0.4) is 0 Å². The van der Waals surface area contributed by atoms with Gasteiger partial charge >= 0.3 is 0 Å². The number of H-pyrrole nitrogens is 2. The van der Waals surface area contributed by atoms with E-state index in [9.17, 15) is 0 Å². The molecule has 54 heavy (non-hydrogen) atoms. The Balaban J connectivity index is 0.000000142. The first-order valence-electron chi connectivity index (χ1n) is 16.4. The number of rotatable bonds is 6. The number of nitrogen functional groups attached to an aromatic ring is 2. The summed E-state index contributed by atoms with van der Waals surface area (Å²) in [6.45, 7) is 1.78. The molecule has 0 amide bonds. The Morgan fingerprint density at radius 3 is 1.57 bits per heavy atom. The maximum absolute atomic E-state index is 5.87. The maximum Gasteiger partial charge on any atom is 0.233 e. The van der Waals surface area contributed by atoms with Crippen LogP contribution in [0.4, 0.5) is 35.2 Å². The van der Waals surface area contributed by atoms with E-state index in [-0.39, 0.29) is 23.1 Å². The van der Waals surface area contributed by atoms with Crippen LogP contribution in [0.2, 0.25) is 5.28 Å². The minimum absolute atomic E-state index is 0.0409. The summed E-state index contributed by atoms with van der Waals surface area (Å²) in [6.07, 6.45) is 3.59. The number of nitrogens with one attached hydrogen (secondary N) is 4. The van der Waals surface area contributed by atoms with Crippen LogP contribution in [0.15, 0.2) is 97.3 Å². The van der Waals surface area contributed by atoms with E-state index in [1.807, 2.05) is 36.5 Å².